The molecule has 6 heteroatoms. The van der Waals surface area contributed by atoms with Crippen LogP contribution >= 0.6 is 0 Å². The molecule has 0 radical (unpaired) electrons. The number of rotatable bonds is 2. The van der Waals surface area contributed by atoms with Gasteiger partial charge in [0.25, 0.3) is 0 Å². The third kappa shape index (κ3) is 3.36. The Bertz CT molecular complexity index is 441. The normalized spacial score (nSPS) is 25.5. The van der Waals surface area contributed by atoms with Crippen molar-refractivity contribution >= 4 is 17.8 Å². The van der Waals surface area contributed by atoms with E-state index in [4.69, 9.17) is 0 Å². The van der Waals surface area contributed by atoms with Crippen LogP contribution in [0.1, 0.15) is 39.5 Å². The van der Waals surface area contributed by atoms with Crippen molar-refractivity contribution in [3.63, 3.8) is 0 Å². The van der Waals surface area contributed by atoms with Crippen LogP contribution in [0.5, 0.6) is 0 Å². The summed E-state index contributed by atoms with van der Waals surface area (Å²) in [6.07, 6.45) is 2.67. The summed E-state index contributed by atoms with van der Waals surface area (Å²) >= 11 is 0. The lowest BCUT2D eigenvalue weighted by molar-refractivity contribution is -0.154. The lowest BCUT2D eigenvalue weighted by Gasteiger charge is -2.39. The molecule has 6 nitrogen and oxygen atoms in total. The molecule has 1 N–H and O–H groups in total. The SMILES string of the molecule is CC(=O)N1CCCC(C(=O)N2CCC(C)(C(=O)O)CC2)C1. The number of piperidine rings is 2. The van der Waals surface area contributed by atoms with Gasteiger partial charge in [0.1, 0.15) is 0 Å². The van der Waals surface area contributed by atoms with Gasteiger partial charge in [-0.25, -0.2) is 0 Å². The van der Waals surface area contributed by atoms with Crippen molar-refractivity contribution in [2.24, 2.45) is 11.3 Å². The number of likely N-dealkylation sites (tertiary alicyclic amines) is 2. The third-order valence-corrected chi connectivity index (χ3v) is 4.91. The zero-order valence-electron chi connectivity index (χ0n) is 12.8. The van der Waals surface area contributed by atoms with Crippen LogP contribution < -0.4 is 0 Å². The molecule has 0 aliphatic carbocycles. The molecule has 2 saturated heterocycles. The van der Waals surface area contributed by atoms with E-state index in [2.05, 4.69) is 0 Å². The maximum atomic E-state index is 12.5. The number of amides is 2. The summed E-state index contributed by atoms with van der Waals surface area (Å²) in [5.41, 5.74) is -0.714. The largest absolute Gasteiger partial charge is 0.481 e. The highest BCUT2D eigenvalue weighted by atomic mass is 16.4. The highest BCUT2D eigenvalue weighted by Gasteiger charge is 2.39. The van der Waals surface area contributed by atoms with Crippen LogP contribution in [0.15, 0.2) is 0 Å². The van der Waals surface area contributed by atoms with Gasteiger partial charge in [-0.3, -0.25) is 14.4 Å². The molecule has 2 aliphatic heterocycles. The molecule has 21 heavy (non-hydrogen) atoms. The summed E-state index contributed by atoms with van der Waals surface area (Å²) in [4.78, 5) is 38.7. The summed E-state index contributed by atoms with van der Waals surface area (Å²) < 4.78 is 0. The van der Waals surface area contributed by atoms with Gasteiger partial charge in [0.15, 0.2) is 0 Å². The second kappa shape index (κ2) is 6.03. The van der Waals surface area contributed by atoms with Crippen molar-refractivity contribution in [2.45, 2.75) is 39.5 Å². The minimum atomic E-state index is -0.782. The summed E-state index contributed by atoms with van der Waals surface area (Å²) in [7, 11) is 0. The molecule has 2 aliphatic rings. The second-order valence-corrected chi connectivity index (χ2v) is 6.50. The minimum Gasteiger partial charge on any atom is -0.481 e. The number of carboxylic acids is 1. The number of carboxylic acid groups (broad SMARTS) is 1. The van der Waals surface area contributed by atoms with Gasteiger partial charge in [0.05, 0.1) is 11.3 Å². The average Bonchev–Trinajstić information content (AvgIpc) is 2.47. The molecule has 0 saturated carbocycles. The molecule has 1 atom stereocenters. The van der Waals surface area contributed by atoms with E-state index in [9.17, 15) is 19.5 Å². The van der Waals surface area contributed by atoms with E-state index in [0.29, 0.717) is 32.5 Å². The van der Waals surface area contributed by atoms with E-state index < -0.39 is 11.4 Å². The molecular weight excluding hydrogens is 272 g/mol. The van der Waals surface area contributed by atoms with Gasteiger partial charge in [-0.1, -0.05) is 0 Å². The van der Waals surface area contributed by atoms with Crippen molar-refractivity contribution < 1.29 is 19.5 Å². The molecule has 2 amide bonds. The van der Waals surface area contributed by atoms with Gasteiger partial charge in [-0.15, -0.1) is 0 Å². The summed E-state index contributed by atoms with van der Waals surface area (Å²) in [6, 6.07) is 0. The van der Waals surface area contributed by atoms with Crippen molar-refractivity contribution in [1.82, 2.24) is 9.80 Å². The van der Waals surface area contributed by atoms with E-state index in [0.717, 1.165) is 19.4 Å². The maximum Gasteiger partial charge on any atom is 0.309 e. The van der Waals surface area contributed by atoms with E-state index >= 15 is 0 Å². The van der Waals surface area contributed by atoms with Crippen molar-refractivity contribution in [3.05, 3.63) is 0 Å². The molecule has 0 aromatic rings. The third-order valence-electron chi connectivity index (χ3n) is 4.91. The van der Waals surface area contributed by atoms with Crippen LogP contribution in [0.2, 0.25) is 0 Å². The Morgan fingerprint density at radius 3 is 2.24 bits per heavy atom. The minimum absolute atomic E-state index is 0.0181. The monoisotopic (exact) mass is 296 g/mol. The van der Waals surface area contributed by atoms with Crippen LogP contribution in [0, 0.1) is 11.3 Å². The molecule has 2 heterocycles. The van der Waals surface area contributed by atoms with Gasteiger partial charge in [-0.05, 0) is 32.6 Å². The fourth-order valence-corrected chi connectivity index (χ4v) is 3.16. The number of hydrogen-bond donors (Lipinski definition) is 1. The molecule has 2 fully saturated rings. The molecule has 2 rings (SSSR count). The topological polar surface area (TPSA) is 77.9 Å². The summed E-state index contributed by atoms with van der Waals surface area (Å²) in [6.45, 7) is 5.51. The van der Waals surface area contributed by atoms with Gasteiger partial charge in [0, 0.05) is 33.1 Å². The maximum absolute atomic E-state index is 12.5. The second-order valence-electron chi connectivity index (χ2n) is 6.50. The van der Waals surface area contributed by atoms with Gasteiger partial charge < -0.3 is 14.9 Å². The predicted octanol–water partition coefficient (Wildman–Crippen LogP) is 0.958. The number of aliphatic carboxylic acids is 1. The molecule has 0 aromatic carbocycles. The first kappa shape index (κ1) is 15.8. The Hall–Kier alpha value is -1.59. The van der Waals surface area contributed by atoms with Crippen molar-refractivity contribution in [1.29, 1.82) is 0 Å². The molecule has 1 unspecified atom stereocenters. The standard InChI is InChI=1S/C15H24N2O4/c1-11(18)17-7-3-4-12(10-17)13(19)16-8-5-15(2,6-9-16)14(20)21/h12H,3-10H2,1-2H3,(H,20,21). The van der Waals surface area contributed by atoms with E-state index in [1.807, 2.05) is 0 Å². The van der Waals surface area contributed by atoms with E-state index in [-0.39, 0.29) is 17.7 Å². The molecule has 0 spiro atoms. The molecule has 118 valence electrons. The van der Waals surface area contributed by atoms with Crippen LogP contribution in [-0.4, -0.2) is 58.9 Å². The van der Waals surface area contributed by atoms with Crippen LogP contribution in [0.25, 0.3) is 0 Å². The Morgan fingerprint density at radius 1 is 1.10 bits per heavy atom. The Balaban J connectivity index is 1.93. The summed E-state index contributed by atoms with van der Waals surface area (Å²) in [5, 5.41) is 9.22. The summed E-state index contributed by atoms with van der Waals surface area (Å²) in [5.74, 6) is -0.815. The van der Waals surface area contributed by atoms with Crippen LogP contribution in [-0.2, 0) is 14.4 Å². The average molecular weight is 296 g/mol. The van der Waals surface area contributed by atoms with Crippen LogP contribution in [0.3, 0.4) is 0 Å². The molecule has 0 bridgehead atoms. The van der Waals surface area contributed by atoms with Crippen LogP contribution in [0.4, 0.5) is 0 Å². The number of carbonyl (C=O) groups is 3. The van der Waals surface area contributed by atoms with Gasteiger partial charge in [0.2, 0.25) is 11.8 Å². The first-order valence-electron chi connectivity index (χ1n) is 7.61. The van der Waals surface area contributed by atoms with Gasteiger partial charge >= 0.3 is 5.97 Å². The highest BCUT2D eigenvalue weighted by molar-refractivity contribution is 5.81. The molecule has 0 aromatic heterocycles. The fourth-order valence-electron chi connectivity index (χ4n) is 3.16. The first-order valence-corrected chi connectivity index (χ1v) is 7.61. The van der Waals surface area contributed by atoms with Crippen molar-refractivity contribution in [3.8, 4) is 0 Å². The van der Waals surface area contributed by atoms with E-state index in [1.165, 1.54) is 6.92 Å². The lowest BCUT2D eigenvalue weighted by atomic mass is 9.80. The van der Waals surface area contributed by atoms with Crippen molar-refractivity contribution in [2.75, 3.05) is 26.2 Å². The Labute approximate surface area is 125 Å². The highest BCUT2D eigenvalue weighted by Crippen LogP contribution is 2.32. The fraction of sp³-hybridized carbons (Fsp3) is 0.800. The number of carbonyl (C=O) groups excluding carboxylic acids is 2. The van der Waals surface area contributed by atoms with E-state index in [1.54, 1.807) is 16.7 Å². The number of hydrogen-bond acceptors (Lipinski definition) is 3. The zero-order valence-corrected chi connectivity index (χ0v) is 12.8. The lowest BCUT2D eigenvalue weighted by Crippen LogP contribution is -2.50. The molecular formula is C15H24N2O4. The van der Waals surface area contributed by atoms with Gasteiger partial charge in [-0.2, -0.15) is 0 Å². The Morgan fingerprint density at radius 2 is 1.71 bits per heavy atom. The smallest absolute Gasteiger partial charge is 0.309 e. The quantitative estimate of drug-likeness (QED) is 0.823. The Kier molecular flexibility index (Phi) is 4.54. The number of nitrogens with zero attached hydrogens (tertiary/aromatic N) is 2. The zero-order chi connectivity index (χ0) is 15.6. The first-order chi connectivity index (χ1) is 9.83. The predicted molar refractivity (Wildman–Crippen MR) is 76.5 cm³/mol.